The summed E-state index contributed by atoms with van der Waals surface area (Å²) in [5.41, 5.74) is 2.43. The first-order valence-electron chi connectivity index (χ1n) is 6.46. The van der Waals surface area contributed by atoms with Crippen LogP contribution in [0.5, 0.6) is 0 Å². The van der Waals surface area contributed by atoms with Crippen LogP contribution in [0.25, 0.3) is 0 Å². The number of benzene rings is 1. The molecule has 110 valence electrons. The largest absolute Gasteiger partial charge is 0.349 e. The van der Waals surface area contributed by atoms with E-state index in [1.54, 1.807) is 0 Å². The minimum absolute atomic E-state index is 0.0360. The molecule has 0 spiro atoms. The molecule has 20 heavy (non-hydrogen) atoms. The van der Waals surface area contributed by atoms with Gasteiger partial charge in [0.1, 0.15) is 5.69 Å². The van der Waals surface area contributed by atoms with Crippen molar-refractivity contribution in [3.05, 3.63) is 33.9 Å². The van der Waals surface area contributed by atoms with Crippen molar-refractivity contribution in [2.45, 2.75) is 33.2 Å². The molecule has 0 aromatic heterocycles. The summed E-state index contributed by atoms with van der Waals surface area (Å²) < 4.78 is 0. The Balaban J connectivity index is 2.99. The minimum atomic E-state index is -0.578. The van der Waals surface area contributed by atoms with Crippen molar-refractivity contribution in [2.75, 3.05) is 5.43 Å². The number of nitrogens with zero attached hydrogens (tertiary/aromatic N) is 1. The minimum Gasteiger partial charge on any atom is -0.349 e. The lowest BCUT2D eigenvalue weighted by atomic mass is 10.0. The smallest absolute Gasteiger partial charge is 0.294 e. The van der Waals surface area contributed by atoms with Gasteiger partial charge in [-0.1, -0.05) is 20.8 Å². The summed E-state index contributed by atoms with van der Waals surface area (Å²) in [6, 6.07) is 4.18. The van der Waals surface area contributed by atoms with E-state index in [2.05, 4.69) is 10.7 Å². The maximum Gasteiger partial charge on any atom is 0.294 e. The first-order valence-corrected chi connectivity index (χ1v) is 6.46. The molecular formula is C13H20N4O3. The van der Waals surface area contributed by atoms with Crippen LogP contribution >= 0.6 is 0 Å². The van der Waals surface area contributed by atoms with Gasteiger partial charge in [0.05, 0.1) is 4.92 Å². The van der Waals surface area contributed by atoms with Gasteiger partial charge in [-0.05, 0) is 24.5 Å². The Morgan fingerprint density at radius 1 is 1.45 bits per heavy atom. The number of nitrogen functional groups attached to an aromatic ring is 1. The fourth-order valence-corrected chi connectivity index (χ4v) is 1.94. The number of nitrogens with one attached hydrogen (secondary N) is 2. The maximum absolute atomic E-state index is 12.1. The van der Waals surface area contributed by atoms with Crippen LogP contribution in [0.1, 0.15) is 37.6 Å². The van der Waals surface area contributed by atoms with Crippen molar-refractivity contribution >= 4 is 17.3 Å². The van der Waals surface area contributed by atoms with E-state index in [4.69, 9.17) is 5.84 Å². The highest BCUT2D eigenvalue weighted by molar-refractivity contribution is 5.95. The average molecular weight is 280 g/mol. The van der Waals surface area contributed by atoms with E-state index in [0.29, 0.717) is 5.92 Å². The van der Waals surface area contributed by atoms with Gasteiger partial charge in [-0.15, -0.1) is 0 Å². The molecule has 0 saturated heterocycles. The van der Waals surface area contributed by atoms with Crippen LogP contribution in [0.2, 0.25) is 0 Å². The second-order valence-corrected chi connectivity index (χ2v) is 4.87. The normalized spacial score (nSPS) is 12.1. The third-order valence-corrected chi connectivity index (χ3v) is 3.17. The fourth-order valence-electron chi connectivity index (χ4n) is 1.94. The quantitative estimate of drug-likeness (QED) is 0.419. The topological polar surface area (TPSA) is 110 Å². The fraction of sp³-hybridized carbons (Fsp3) is 0.462. The molecule has 0 heterocycles. The van der Waals surface area contributed by atoms with Gasteiger partial charge in [0.25, 0.3) is 11.6 Å². The molecule has 0 aliphatic rings. The number of hydrogen-bond donors (Lipinski definition) is 3. The summed E-state index contributed by atoms with van der Waals surface area (Å²) in [6.07, 6.45) is 0.800. The molecule has 1 aromatic carbocycles. The summed E-state index contributed by atoms with van der Waals surface area (Å²) in [5, 5.41) is 13.8. The Bertz CT molecular complexity index is 502. The number of amides is 1. The molecule has 1 rings (SSSR count). The van der Waals surface area contributed by atoms with Crippen molar-refractivity contribution in [3.63, 3.8) is 0 Å². The van der Waals surface area contributed by atoms with Gasteiger partial charge >= 0.3 is 0 Å². The molecule has 0 aliphatic carbocycles. The lowest BCUT2D eigenvalue weighted by Gasteiger charge is -2.20. The lowest BCUT2D eigenvalue weighted by molar-refractivity contribution is -0.384. The molecule has 0 bridgehead atoms. The van der Waals surface area contributed by atoms with Crippen LogP contribution in [0.3, 0.4) is 0 Å². The van der Waals surface area contributed by atoms with E-state index in [1.807, 2.05) is 20.8 Å². The van der Waals surface area contributed by atoms with Crippen molar-refractivity contribution in [1.29, 1.82) is 0 Å². The zero-order valence-electron chi connectivity index (χ0n) is 11.8. The van der Waals surface area contributed by atoms with Gasteiger partial charge in [-0.25, -0.2) is 0 Å². The monoisotopic (exact) mass is 280 g/mol. The lowest BCUT2D eigenvalue weighted by Crippen LogP contribution is -2.38. The van der Waals surface area contributed by atoms with Gasteiger partial charge in [0, 0.05) is 17.7 Å². The molecule has 4 N–H and O–H groups in total. The van der Waals surface area contributed by atoms with E-state index >= 15 is 0 Å². The van der Waals surface area contributed by atoms with Crippen LogP contribution in [0.15, 0.2) is 18.2 Å². The Labute approximate surface area is 117 Å². The number of hydrazine groups is 1. The summed E-state index contributed by atoms with van der Waals surface area (Å²) in [4.78, 5) is 22.5. The van der Waals surface area contributed by atoms with Gasteiger partial charge in [0.15, 0.2) is 0 Å². The zero-order valence-corrected chi connectivity index (χ0v) is 11.8. The summed E-state index contributed by atoms with van der Waals surface area (Å²) in [5.74, 6) is 5.17. The molecule has 1 amide bonds. The van der Waals surface area contributed by atoms with Crippen LogP contribution in [0.4, 0.5) is 11.4 Å². The molecule has 0 fully saturated rings. The molecule has 1 unspecified atom stereocenters. The Morgan fingerprint density at radius 3 is 2.55 bits per heavy atom. The number of nitrogens with two attached hydrogens (primary N) is 1. The number of carbonyl (C=O) groups excluding carboxylic acids is 1. The number of carbonyl (C=O) groups is 1. The second-order valence-electron chi connectivity index (χ2n) is 4.87. The number of anilines is 1. The van der Waals surface area contributed by atoms with E-state index in [-0.39, 0.29) is 28.9 Å². The third kappa shape index (κ3) is 3.67. The second kappa shape index (κ2) is 6.85. The van der Waals surface area contributed by atoms with E-state index in [1.165, 1.54) is 18.2 Å². The maximum atomic E-state index is 12.1. The number of nitro groups is 1. The molecule has 0 aliphatic heterocycles. The van der Waals surface area contributed by atoms with Crippen molar-refractivity contribution in [1.82, 2.24) is 5.32 Å². The molecule has 7 heteroatoms. The SMILES string of the molecule is CCC(NC(=O)c1ccc(NN)c([N+](=O)[O-])c1)C(C)C. The molecule has 1 aromatic rings. The first-order chi connectivity index (χ1) is 9.40. The van der Waals surface area contributed by atoms with E-state index in [9.17, 15) is 14.9 Å². The van der Waals surface area contributed by atoms with Crippen LogP contribution < -0.4 is 16.6 Å². The molecule has 1 atom stereocenters. The number of hydrogen-bond acceptors (Lipinski definition) is 5. The van der Waals surface area contributed by atoms with E-state index in [0.717, 1.165) is 6.42 Å². The van der Waals surface area contributed by atoms with Crippen molar-refractivity contribution in [3.8, 4) is 0 Å². The van der Waals surface area contributed by atoms with Crippen LogP contribution in [-0.2, 0) is 0 Å². The Morgan fingerprint density at radius 2 is 2.10 bits per heavy atom. The third-order valence-electron chi connectivity index (χ3n) is 3.17. The van der Waals surface area contributed by atoms with Gasteiger partial charge in [-0.3, -0.25) is 20.8 Å². The molecule has 7 nitrogen and oxygen atoms in total. The van der Waals surface area contributed by atoms with Crippen molar-refractivity contribution < 1.29 is 9.72 Å². The Hall–Kier alpha value is -2.15. The molecular weight excluding hydrogens is 260 g/mol. The highest BCUT2D eigenvalue weighted by Gasteiger charge is 2.19. The molecule has 0 saturated carbocycles. The standard InChI is InChI=1S/C13H20N4O3/c1-4-10(8(2)3)15-13(18)9-5-6-11(16-14)12(7-9)17(19)20/h5-8,10,16H,4,14H2,1-3H3,(H,15,18). The average Bonchev–Trinajstić information content (AvgIpc) is 2.43. The highest BCUT2D eigenvalue weighted by Crippen LogP contribution is 2.24. The van der Waals surface area contributed by atoms with Crippen LogP contribution in [0, 0.1) is 16.0 Å². The molecule has 0 radical (unpaired) electrons. The predicted molar refractivity (Wildman–Crippen MR) is 77.3 cm³/mol. The Kier molecular flexibility index (Phi) is 5.45. The van der Waals surface area contributed by atoms with Gasteiger partial charge < -0.3 is 10.7 Å². The first kappa shape index (κ1) is 15.9. The highest BCUT2D eigenvalue weighted by atomic mass is 16.6. The summed E-state index contributed by atoms with van der Waals surface area (Å²) in [6.45, 7) is 6.01. The van der Waals surface area contributed by atoms with E-state index < -0.39 is 4.92 Å². The number of nitro benzene ring substituents is 1. The summed E-state index contributed by atoms with van der Waals surface area (Å²) in [7, 11) is 0. The predicted octanol–water partition coefficient (Wildman–Crippen LogP) is 2.04. The van der Waals surface area contributed by atoms with Gasteiger partial charge in [0.2, 0.25) is 0 Å². The summed E-state index contributed by atoms with van der Waals surface area (Å²) >= 11 is 0. The number of rotatable bonds is 6. The van der Waals surface area contributed by atoms with Crippen LogP contribution in [-0.4, -0.2) is 16.9 Å². The zero-order chi connectivity index (χ0) is 15.3. The van der Waals surface area contributed by atoms with Gasteiger partial charge in [-0.2, -0.15) is 0 Å². The van der Waals surface area contributed by atoms with Crippen molar-refractivity contribution in [2.24, 2.45) is 11.8 Å².